The first-order chi connectivity index (χ1) is 10.8. The standard InChI is InChI=1S/C17H23N3OS.2ClH/c1-21-16-5-3-2-4-14(16)15-11-22-17(20-15)19-13-8-6-12(10-18)7-9-13;;/h2-5,11-13H,6-10,18H2,1H3,(H,19,20);2*1H/t12-,13-;;. The van der Waals surface area contributed by atoms with E-state index in [-0.39, 0.29) is 24.8 Å². The third-order valence-corrected chi connectivity index (χ3v) is 5.17. The summed E-state index contributed by atoms with van der Waals surface area (Å²) in [7, 11) is 1.69. The number of rotatable bonds is 5. The van der Waals surface area contributed by atoms with Gasteiger partial charge >= 0.3 is 0 Å². The molecule has 1 aliphatic rings. The lowest BCUT2D eigenvalue weighted by molar-refractivity contribution is 0.345. The number of nitrogens with zero attached hydrogens (tertiary/aromatic N) is 1. The van der Waals surface area contributed by atoms with Gasteiger partial charge in [-0.3, -0.25) is 0 Å². The van der Waals surface area contributed by atoms with Crippen molar-refractivity contribution in [1.82, 2.24) is 4.98 Å². The minimum absolute atomic E-state index is 0. The number of methoxy groups -OCH3 is 1. The largest absolute Gasteiger partial charge is 0.496 e. The van der Waals surface area contributed by atoms with Crippen molar-refractivity contribution in [3.8, 4) is 17.0 Å². The Kier molecular flexibility index (Phi) is 8.84. The van der Waals surface area contributed by atoms with Crippen molar-refractivity contribution in [2.45, 2.75) is 31.7 Å². The number of thiazole rings is 1. The minimum atomic E-state index is 0. The molecule has 1 fully saturated rings. The molecule has 1 saturated carbocycles. The van der Waals surface area contributed by atoms with Gasteiger partial charge in [-0.25, -0.2) is 4.98 Å². The molecule has 3 N–H and O–H groups in total. The second-order valence-electron chi connectivity index (χ2n) is 5.84. The summed E-state index contributed by atoms with van der Waals surface area (Å²) in [5.74, 6) is 1.57. The monoisotopic (exact) mass is 389 g/mol. The molecule has 1 heterocycles. The number of hydrogen-bond acceptors (Lipinski definition) is 5. The topological polar surface area (TPSA) is 60.2 Å². The van der Waals surface area contributed by atoms with E-state index in [4.69, 9.17) is 15.5 Å². The molecule has 134 valence electrons. The quantitative estimate of drug-likeness (QED) is 0.784. The fourth-order valence-electron chi connectivity index (χ4n) is 3.04. The van der Waals surface area contributed by atoms with Crippen molar-refractivity contribution in [3.63, 3.8) is 0 Å². The number of aromatic nitrogens is 1. The molecule has 0 bridgehead atoms. The van der Waals surface area contributed by atoms with E-state index in [9.17, 15) is 0 Å². The van der Waals surface area contributed by atoms with Gasteiger partial charge in [0.25, 0.3) is 0 Å². The molecule has 0 amide bonds. The number of hydrogen-bond donors (Lipinski definition) is 2. The zero-order valence-corrected chi connectivity index (χ0v) is 16.2. The highest BCUT2D eigenvalue weighted by molar-refractivity contribution is 7.14. The molecule has 0 saturated heterocycles. The van der Waals surface area contributed by atoms with Gasteiger partial charge in [0.1, 0.15) is 5.75 Å². The summed E-state index contributed by atoms with van der Waals surface area (Å²) >= 11 is 1.66. The second-order valence-corrected chi connectivity index (χ2v) is 6.69. The van der Waals surface area contributed by atoms with Crippen LogP contribution in [0.3, 0.4) is 0 Å². The second kappa shape index (κ2) is 10.1. The molecule has 24 heavy (non-hydrogen) atoms. The van der Waals surface area contributed by atoms with Crippen molar-refractivity contribution >= 4 is 41.3 Å². The fraction of sp³-hybridized carbons (Fsp3) is 0.471. The Hall–Kier alpha value is -1.01. The van der Waals surface area contributed by atoms with Crippen LogP contribution in [0, 0.1) is 5.92 Å². The van der Waals surface area contributed by atoms with Gasteiger partial charge in [-0.2, -0.15) is 0 Å². The number of nitrogens with two attached hydrogens (primary N) is 1. The third-order valence-electron chi connectivity index (χ3n) is 4.39. The van der Waals surface area contributed by atoms with Gasteiger partial charge in [0.2, 0.25) is 0 Å². The van der Waals surface area contributed by atoms with Gasteiger partial charge in [-0.15, -0.1) is 36.2 Å². The smallest absolute Gasteiger partial charge is 0.183 e. The van der Waals surface area contributed by atoms with E-state index in [2.05, 4.69) is 10.7 Å². The Bertz CT molecular complexity index is 615. The molecule has 1 aromatic heterocycles. The highest BCUT2D eigenvalue weighted by Crippen LogP contribution is 2.33. The molecule has 1 aromatic carbocycles. The molecule has 0 aliphatic heterocycles. The van der Waals surface area contributed by atoms with Crippen LogP contribution in [0.4, 0.5) is 5.13 Å². The zero-order chi connectivity index (χ0) is 15.4. The normalized spacial score (nSPS) is 19.8. The lowest BCUT2D eigenvalue weighted by atomic mass is 9.86. The van der Waals surface area contributed by atoms with Crippen LogP contribution in [0.1, 0.15) is 25.7 Å². The zero-order valence-electron chi connectivity index (χ0n) is 13.7. The molecular formula is C17H25Cl2N3OS. The molecule has 0 radical (unpaired) electrons. The van der Waals surface area contributed by atoms with Crippen molar-refractivity contribution < 1.29 is 4.74 Å². The Balaban J connectivity index is 0.00000144. The molecule has 0 atom stereocenters. The molecule has 3 rings (SSSR count). The van der Waals surface area contributed by atoms with E-state index < -0.39 is 0 Å². The minimum Gasteiger partial charge on any atom is -0.496 e. The average molecular weight is 390 g/mol. The number of benzene rings is 1. The van der Waals surface area contributed by atoms with Crippen molar-refractivity contribution in [1.29, 1.82) is 0 Å². The van der Waals surface area contributed by atoms with Crippen LogP contribution < -0.4 is 15.8 Å². The highest BCUT2D eigenvalue weighted by atomic mass is 35.5. The molecule has 1 aliphatic carbocycles. The van der Waals surface area contributed by atoms with Crippen molar-refractivity contribution in [2.75, 3.05) is 19.0 Å². The van der Waals surface area contributed by atoms with Gasteiger partial charge in [-0.1, -0.05) is 12.1 Å². The number of nitrogens with one attached hydrogen (secondary N) is 1. The van der Waals surface area contributed by atoms with Crippen molar-refractivity contribution in [2.24, 2.45) is 11.7 Å². The maximum absolute atomic E-state index is 5.75. The maximum atomic E-state index is 5.75. The number of para-hydroxylation sites is 1. The Morgan fingerprint density at radius 3 is 2.58 bits per heavy atom. The SMILES string of the molecule is COc1ccccc1-c1csc(N[C@H]2CC[C@H](CN)CC2)n1.Cl.Cl. The average Bonchev–Trinajstić information content (AvgIpc) is 3.04. The van der Waals surface area contributed by atoms with Crippen LogP contribution >= 0.6 is 36.2 Å². The molecular weight excluding hydrogens is 365 g/mol. The van der Waals surface area contributed by atoms with Crippen LogP contribution in [0.15, 0.2) is 29.6 Å². The van der Waals surface area contributed by atoms with Gasteiger partial charge in [0.05, 0.1) is 12.8 Å². The summed E-state index contributed by atoms with van der Waals surface area (Å²) in [5.41, 5.74) is 7.77. The molecule has 4 nitrogen and oxygen atoms in total. The summed E-state index contributed by atoms with van der Waals surface area (Å²) < 4.78 is 5.42. The number of ether oxygens (including phenoxy) is 1. The Morgan fingerprint density at radius 1 is 1.21 bits per heavy atom. The summed E-state index contributed by atoms with van der Waals surface area (Å²) in [5, 5.41) is 6.67. The van der Waals surface area contributed by atoms with E-state index >= 15 is 0 Å². The Labute approximate surface area is 160 Å². The van der Waals surface area contributed by atoms with Gasteiger partial charge < -0.3 is 15.8 Å². The first-order valence-electron chi connectivity index (χ1n) is 7.85. The first-order valence-corrected chi connectivity index (χ1v) is 8.73. The lowest BCUT2D eigenvalue weighted by Crippen LogP contribution is -2.29. The van der Waals surface area contributed by atoms with Crippen LogP contribution in [-0.2, 0) is 0 Å². The van der Waals surface area contributed by atoms with E-state index in [1.807, 2.05) is 24.3 Å². The van der Waals surface area contributed by atoms with Crippen LogP contribution in [0.25, 0.3) is 11.3 Å². The summed E-state index contributed by atoms with van der Waals surface area (Å²) in [4.78, 5) is 4.73. The summed E-state index contributed by atoms with van der Waals surface area (Å²) in [6.45, 7) is 0.821. The van der Waals surface area contributed by atoms with Crippen LogP contribution in [-0.4, -0.2) is 24.7 Å². The van der Waals surface area contributed by atoms with Gasteiger partial charge in [0.15, 0.2) is 5.13 Å². The highest BCUT2D eigenvalue weighted by Gasteiger charge is 2.21. The molecule has 2 aromatic rings. The molecule has 0 spiro atoms. The third kappa shape index (κ3) is 4.99. The van der Waals surface area contributed by atoms with E-state index in [1.54, 1.807) is 18.4 Å². The summed E-state index contributed by atoms with van der Waals surface area (Å²) in [6.07, 6.45) is 4.81. The summed E-state index contributed by atoms with van der Waals surface area (Å²) in [6, 6.07) is 8.53. The molecule has 7 heteroatoms. The van der Waals surface area contributed by atoms with Crippen molar-refractivity contribution in [3.05, 3.63) is 29.6 Å². The van der Waals surface area contributed by atoms with Crippen LogP contribution in [0.2, 0.25) is 0 Å². The maximum Gasteiger partial charge on any atom is 0.183 e. The molecule has 0 unspecified atom stereocenters. The van der Waals surface area contributed by atoms with E-state index in [0.717, 1.165) is 28.7 Å². The van der Waals surface area contributed by atoms with E-state index in [1.165, 1.54) is 25.7 Å². The number of halogens is 2. The van der Waals surface area contributed by atoms with Crippen LogP contribution in [0.5, 0.6) is 5.75 Å². The number of anilines is 1. The predicted octanol–water partition coefficient (Wildman–Crippen LogP) is 4.59. The van der Waals surface area contributed by atoms with Gasteiger partial charge in [0, 0.05) is 17.0 Å². The predicted molar refractivity (Wildman–Crippen MR) is 107 cm³/mol. The Morgan fingerprint density at radius 2 is 1.92 bits per heavy atom. The van der Waals surface area contributed by atoms with E-state index in [0.29, 0.717) is 12.0 Å². The fourth-order valence-corrected chi connectivity index (χ4v) is 3.83. The lowest BCUT2D eigenvalue weighted by Gasteiger charge is -2.28. The first kappa shape index (κ1) is 21.0. The van der Waals surface area contributed by atoms with Gasteiger partial charge in [-0.05, 0) is 50.3 Å².